The van der Waals surface area contributed by atoms with Crippen LogP contribution < -0.4 is 10.6 Å². The molecule has 2 heterocycles. The zero-order chi connectivity index (χ0) is 16.6. The molecule has 1 aromatic carbocycles. The molecule has 0 fully saturated rings. The Morgan fingerprint density at radius 3 is 2.61 bits per heavy atom. The second-order valence-electron chi connectivity index (χ2n) is 5.40. The number of aromatic nitrogens is 3. The first-order valence-electron chi connectivity index (χ1n) is 6.75. The van der Waals surface area contributed by atoms with E-state index in [0.29, 0.717) is 16.1 Å². The van der Waals surface area contributed by atoms with Crippen LogP contribution in [0.15, 0.2) is 41.1 Å². The van der Waals surface area contributed by atoms with Gasteiger partial charge in [-0.2, -0.15) is 5.26 Å². The number of nitriles is 1. The van der Waals surface area contributed by atoms with Crippen molar-refractivity contribution in [3.63, 3.8) is 0 Å². The summed E-state index contributed by atoms with van der Waals surface area (Å²) < 4.78 is 14.2. The first kappa shape index (κ1) is 15.7. The summed E-state index contributed by atoms with van der Waals surface area (Å²) in [6.45, 7) is 3.48. The molecule has 0 spiro atoms. The summed E-state index contributed by atoms with van der Waals surface area (Å²) in [6.07, 6.45) is 1.64. The van der Waals surface area contributed by atoms with Crippen LogP contribution in [0.5, 0.6) is 0 Å². The van der Waals surface area contributed by atoms with Gasteiger partial charge in [-0.1, -0.05) is 0 Å². The van der Waals surface area contributed by atoms with Gasteiger partial charge in [0, 0.05) is 11.0 Å². The first-order valence-corrected chi connectivity index (χ1v) is 10.1. The second-order valence-corrected chi connectivity index (χ2v) is 9.37. The molecule has 0 saturated heterocycles. The van der Waals surface area contributed by atoms with Gasteiger partial charge in [0.05, 0.1) is 17.3 Å². The monoisotopic (exact) mass is 389 g/mol. The predicted molar refractivity (Wildman–Crippen MR) is 94.2 cm³/mol. The van der Waals surface area contributed by atoms with Gasteiger partial charge in [0.25, 0.3) is 0 Å². The van der Waals surface area contributed by atoms with Gasteiger partial charge in [-0.3, -0.25) is 0 Å². The quantitative estimate of drug-likeness (QED) is 0.694. The van der Waals surface area contributed by atoms with Gasteiger partial charge in [0.1, 0.15) is 17.8 Å². The molecule has 0 unspecified atom stereocenters. The number of fused-ring (bicyclic) bond motifs is 1. The van der Waals surface area contributed by atoms with Crippen LogP contribution in [0, 0.1) is 11.3 Å². The van der Waals surface area contributed by atoms with Gasteiger partial charge in [-0.15, -0.1) is 5.10 Å². The lowest BCUT2D eigenvalue weighted by atomic mass is 10.3. The number of hydrogen-bond donors (Lipinski definition) is 1. The van der Waals surface area contributed by atoms with Crippen molar-refractivity contribution in [3.8, 4) is 6.07 Å². The maximum Gasteiger partial charge on any atom is 0.245 e. The van der Waals surface area contributed by atoms with Gasteiger partial charge in [0.2, 0.25) is 5.95 Å². The molecule has 2 aromatic heterocycles. The number of anilines is 2. The van der Waals surface area contributed by atoms with Crippen molar-refractivity contribution in [2.75, 3.05) is 18.6 Å². The minimum atomic E-state index is -2.26. The maximum atomic E-state index is 12.0. The molecule has 0 aliphatic heterocycles. The Balaban J connectivity index is 1.91. The third-order valence-corrected chi connectivity index (χ3v) is 5.63. The van der Waals surface area contributed by atoms with E-state index in [1.54, 1.807) is 30.1 Å². The number of nitrogens with one attached hydrogen (secondary N) is 1. The SMILES string of the molecule is CP(C)(=O)c1ccc(Nc2ncc3cc(C#N)c(Br)n3n2)cc1. The first-order chi connectivity index (χ1) is 10.9. The summed E-state index contributed by atoms with van der Waals surface area (Å²) in [5.74, 6) is 0.405. The summed E-state index contributed by atoms with van der Waals surface area (Å²) in [5.41, 5.74) is 2.03. The van der Waals surface area contributed by atoms with E-state index in [0.717, 1.165) is 16.5 Å². The highest BCUT2D eigenvalue weighted by atomic mass is 79.9. The standard InChI is InChI=1S/C15H13BrN5OP/c1-23(2,22)13-5-3-11(4-6-13)19-15-18-9-12-7-10(8-17)14(16)21(12)20-15/h3-7,9H,1-2H3,(H,19,20). The fourth-order valence-electron chi connectivity index (χ4n) is 2.11. The molecule has 1 N–H and O–H groups in total. The van der Waals surface area contributed by atoms with Crippen LogP contribution in [0.2, 0.25) is 0 Å². The number of halogens is 1. The molecular formula is C15H13BrN5OP. The summed E-state index contributed by atoms with van der Waals surface area (Å²) in [5, 5.41) is 17.3. The van der Waals surface area contributed by atoms with Gasteiger partial charge in [-0.05, 0) is 59.6 Å². The van der Waals surface area contributed by atoms with E-state index in [2.05, 4.69) is 37.4 Å². The fraction of sp³-hybridized carbons (Fsp3) is 0.133. The van der Waals surface area contributed by atoms with Crippen LogP contribution in [-0.4, -0.2) is 27.9 Å². The van der Waals surface area contributed by atoms with Gasteiger partial charge >= 0.3 is 0 Å². The molecule has 0 bridgehead atoms. The van der Waals surface area contributed by atoms with Crippen LogP contribution >= 0.6 is 23.1 Å². The molecule has 0 aliphatic rings. The zero-order valence-electron chi connectivity index (χ0n) is 12.5. The fourth-order valence-corrected chi connectivity index (χ4v) is 3.46. The normalized spacial score (nSPS) is 11.4. The highest BCUT2D eigenvalue weighted by Gasteiger charge is 2.12. The maximum absolute atomic E-state index is 12.0. The van der Waals surface area contributed by atoms with E-state index in [9.17, 15) is 4.57 Å². The largest absolute Gasteiger partial charge is 0.323 e. The van der Waals surface area contributed by atoms with Crippen molar-refractivity contribution in [1.29, 1.82) is 5.26 Å². The lowest BCUT2D eigenvalue weighted by Gasteiger charge is -2.09. The van der Waals surface area contributed by atoms with Crippen molar-refractivity contribution in [1.82, 2.24) is 14.6 Å². The number of benzene rings is 1. The molecule has 0 aliphatic carbocycles. The van der Waals surface area contributed by atoms with Crippen LogP contribution in [0.3, 0.4) is 0 Å². The Hall–Kier alpha value is -2.16. The predicted octanol–water partition coefficient (Wildman–Crippen LogP) is 3.36. The summed E-state index contributed by atoms with van der Waals surface area (Å²) in [6, 6.07) is 11.2. The number of hydrogen-bond acceptors (Lipinski definition) is 5. The van der Waals surface area contributed by atoms with Crippen LogP contribution in [0.4, 0.5) is 11.6 Å². The highest BCUT2D eigenvalue weighted by molar-refractivity contribution is 9.10. The molecular weight excluding hydrogens is 377 g/mol. The molecule has 3 rings (SSSR count). The smallest absolute Gasteiger partial charge is 0.245 e. The second kappa shape index (κ2) is 5.80. The average molecular weight is 390 g/mol. The minimum Gasteiger partial charge on any atom is -0.323 e. The Kier molecular flexibility index (Phi) is 3.97. The molecule has 0 amide bonds. The van der Waals surface area contributed by atoms with Crippen molar-refractivity contribution in [2.24, 2.45) is 0 Å². The van der Waals surface area contributed by atoms with Crippen molar-refractivity contribution in [2.45, 2.75) is 0 Å². The van der Waals surface area contributed by atoms with Crippen molar-refractivity contribution in [3.05, 3.63) is 46.7 Å². The molecule has 0 saturated carbocycles. The number of nitrogens with zero attached hydrogens (tertiary/aromatic N) is 4. The van der Waals surface area contributed by atoms with Gasteiger partial charge in [-0.25, -0.2) is 9.50 Å². The van der Waals surface area contributed by atoms with E-state index in [1.807, 2.05) is 24.3 Å². The summed E-state index contributed by atoms with van der Waals surface area (Å²) >= 11 is 3.35. The van der Waals surface area contributed by atoms with E-state index in [1.165, 1.54) is 0 Å². The van der Waals surface area contributed by atoms with Crippen LogP contribution in [0.25, 0.3) is 5.52 Å². The third kappa shape index (κ3) is 3.14. The van der Waals surface area contributed by atoms with E-state index in [4.69, 9.17) is 5.26 Å². The lowest BCUT2D eigenvalue weighted by Crippen LogP contribution is -2.05. The van der Waals surface area contributed by atoms with E-state index >= 15 is 0 Å². The Labute approximate surface area is 141 Å². The van der Waals surface area contributed by atoms with Crippen molar-refractivity contribution >= 4 is 45.5 Å². The minimum absolute atomic E-state index is 0.405. The van der Waals surface area contributed by atoms with Crippen LogP contribution in [-0.2, 0) is 4.57 Å². The van der Waals surface area contributed by atoms with Crippen molar-refractivity contribution < 1.29 is 4.57 Å². The lowest BCUT2D eigenvalue weighted by molar-refractivity contribution is 0.588. The topological polar surface area (TPSA) is 83.1 Å². The van der Waals surface area contributed by atoms with Gasteiger partial charge < -0.3 is 9.88 Å². The molecule has 8 heteroatoms. The molecule has 3 aromatic rings. The van der Waals surface area contributed by atoms with E-state index in [-0.39, 0.29) is 0 Å². The van der Waals surface area contributed by atoms with Crippen LogP contribution in [0.1, 0.15) is 5.56 Å². The molecule has 0 radical (unpaired) electrons. The Morgan fingerprint density at radius 2 is 2.00 bits per heavy atom. The molecule has 0 atom stereocenters. The molecule has 23 heavy (non-hydrogen) atoms. The average Bonchev–Trinajstić information content (AvgIpc) is 2.83. The zero-order valence-corrected chi connectivity index (χ0v) is 15.0. The Morgan fingerprint density at radius 1 is 1.30 bits per heavy atom. The molecule has 6 nitrogen and oxygen atoms in total. The van der Waals surface area contributed by atoms with E-state index < -0.39 is 7.14 Å². The highest BCUT2D eigenvalue weighted by Crippen LogP contribution is 2.34. The number of rotatable bonds is 3. The van der Waals surface area contributed by atoms with Gasteiger partial charge in [0.15, 0.2) is 0 Å². The molecule has 116 valence electrons. The summed E-state index contributed by atoms with van der Waals surface area (Å²) in [4.78, 5) is 4.23. The third-order valence-electron chi connectivity index (χ3n) is 3.32. The summed E-state index contributed by atoms with van der Waals surface area (Å²) in [7, 11) is -2.26. The Bertz CT molecular complexity index is 968.